The number of aliphatic carboxylic acids is 1. The van der Waals surface area contributed by atoms with Crippen molar-refractivity contribution in [3.8, 4) is 0 Å². The maximum Gasteiger partial charge on any atom is 0.307 e. The van der Waals surface area contributed by atoms with Gasteiger partial charge in [0.15, 0.2) is 5.78 Å². The molecule has 0 saturated carbocycles. The molecule has 2 aromatic rings. The molecule has 0 spiro atoms. The third-order valence-electron chi connectivity index (χ3n) is 3.78. The van der Waals surface area contributed by atoms with Crippen LogP contribution in [0.2, 0.25) is 0 Å². The molecular formula is C14H12BrNO3. The molecule has 1 heterocycles. The summed E-state index contributed by atoms with van der Waals surface area (Å²) < 4.78 is 2.85. The van der Waals surface area contributed by atoms with Gasteiger partial charge in [-0.05, 0) is 18.2 Å². The molecule has 1 atom stereocenters. The number of hydrogen-bond acceptors (Lipinski definition) is 2. The zero-order chi connectivity index (χ0) is 13.7. The lowest BCUT2D eigenvalue weighted by molar-refractivity contribution is -0.141. The average molecular weight is 322 g/mol. The average Bonchev–Trinajstić information content (AvgIpc) is 2.63. The van der Waals surface area contributed by atoms with Crippen molar-refractivity contribution in [1.82, 2.24) is 4.57 Å². The van der Waals surface area contributed by atoms with Gasteiger partial charge in [0.2, 0.25) is 0 Å². The number of ketones is 1. The molecule has 0 aliphatic heterocycles. The van der Waals surface area contributed by atoms with Gasteiger partial charge < -0.3 is 9.67 Å². The number of hydrogen-bond donors (Lipinski definition) is 1. The number of carboxylic acid groups (broad SMARTS) is 1. The highest BCUT2D eigenvalue weighted by Crippen LogP contribution is 2.34. The number of fused-ring (bicyclic) bond motifs is 3. The van der Waals surface area contributed by atoms with Crippen LogP contribution in [0.25, 0.3) is 10.9 Å². The van der Waals surface area contributed by atoms with Crippen LogP contribution in [-0.4, -0.2) is 21.4 Å². The molecule has 0 radical (unpaired) electrons. The Morgan fingerprint density at radius 3 is 2.84 bits per heavy atom. The zero-order valence-corrected chi connectivity index (χ0v) is 11.9. The largest absolute Gasteiger partial charge is 0.481 e. The molecule has 5 heteroatoms. The number of carbonyl (C=O) groups is 2. The van der Waals surface area contributed by atoms with Gasteiger partial charge in [-0.2, -0.15) is 0 Å². The van der Waals surface area contributed by atoms with Crippen molar-refractivity contribution < 1.29 is 14.7 Å². The van der Waals surface area contributed by atoms with Crippen molar-refractivity contribution >= 4 is 38.6 Å². The number of Topliss-reactive ketones (excluding diaryl/α,β-unsaturated/α-hetero) is 1. The summed E-state index contributed by atoms with van der Waals surface area (Å²) in [6, 6.07) is 5.79. The Bertz CT molecular complexity index is 717. The van der Waals surface area contributed by atoms with E-state index in [0.29, 0.717) is 12.0 Å². The molecule has 3 rings (SSSR count). The highest BCUT2D eigenvalue weighted by Gasteiger charge is 2.33. The molecule has 1 aliphatic carbocycles. The van der Waals surface area contributed by atoms with E-state index in [9.17, 15) is 9.59 Å². The summed E-state index contributed by atoms with van der Waals surface area (Å²) in [5.41, 5.74) is 2.49. The van der Waals surface area contributed by atoms with Gasteiger partial charge in [-0.1, -0.05) is 15.9 Å². The predicted molar refractivity (Wildman–Crippen MR) is 74.4 cm³/mol. The van der Waals surface area contributed by atoms with Crippen LogP contribution in [0.4, 0.5) is 0 Å². The fraction of sp³-hybridized carbons (Fsp3) is 0.286. The van der Waals surface area contributed by atoms with Crippen LogP contribution in [0, 0.1) is 5.92 Å². The van der Waals surface area contributed by atoms with Crippen molar-refractivity contribution in [3.63, 3.8) is 0 Å². The van der Waals surface area contributed by atoms with Crippen LogP contribution in [0.15, 0.2) is 22.7 Å². The van der Waals surface area contributed by atoms with Crippen LogP contribution < -0.4 is 0 Å². The van der Waals surface area contributed by atoms with Gasteiger partial charge >= 0.3 is 5.97 Å². The Morgan fingerprint density at radius 2 is 2.16 bits per heavy atom. The van der Waals surface area contributed by atoms with E-state index in [2.05, 4.69) is 15.9 Å². The molecular weight excluding hydrogens is 310 g/mol. The molecule has 98 valence electrons. The second kappa shape index (κ2) is 4.20. The molecule has 0 bridgehead atoms. The first-order valence-corrected chi connectivity index (χ1v) is 6.81. The topological polar surface area (TPSA) is 59.3 Å². The van der Waals surface area contributed by atoms with Crippen LogP contribution in [0.3, 0.4) is 0 Å². The summed E-state index contributed by atoms with van der Waals surface area (Å²) in [4.78, 5) is 23.4. The third kappa shape index (κ3) is 1.80. The molecule has 1 aliphatic rings. The highest BCUT2D eigenvalue weighted by molar-refractivity contribution is 9.10. The van der Waals surface area contributed by atoms with E-state index < -0.39 is 11.9 Å². The summed E-state index contributed by atoms with van der Waals surface area (Å²) in [7, 11) is 1.88. The van der Waals surface area contributed by atoms with Crippen LogP contribution in [0.1, 0.15) is 22.5 Å². The predicted octanol–water partition coefficient (Wildman–Crippen LogP) is 2.77. The van der Waals surface area contributed by atoms with Crippen LogP contribution >= 0.6 is 15.9 Å². The number of aromatic nitrogens is 1. The second-order valence-corrected chi connectivity index (χ2v) is 5.82. The van der Waals surface area contributed by atoms with Gasteiger partial charge in [-0.25, -0.2) is 0 Å². The zero-order valence-electron chi connectivity index (χ0n) is 10.3. The molecule has 1 unspecified atom stereocenters. The van der Waals surface area contributed by atoms with Crippen LogP contribution in [-0.2, 0) is 18.3 Å². The van der Waals surface area contributed by atoms with Crippen molar-refractivity contribution in [2.24, 2.45) is 13.0 Å². The van der Waals surface area contributed by atoms with Gasteiger partial charge in [0.05, 0.1) is 5.92 Å². The van der Waals surface area contributed by atoms with Crippen molar-refractivity contribution in [2.75, 3.05) is 0 Å². The number of benzene rings is 1. The number of halogens is 1. The van der Waals surface area contributed by atoms with E-state index in [4.69, 9.17) is 5.11 Å². The van der Waals surface area contributed by atoms with Gasteiger partial charge in [-0.15, -0.1) is 0 Å². The molecule has 4 nitrogen and oxygen atoms in total. The lowest BCUT2D eigenvalue weighted by Gasteiger charge is -2.19. The second-order valence-electron chi connectivity index (χ2n) is 4.91. The molecule has 0 amide bonds. The van der Waals surface area contributed by atoms with Gasteiger partial charge in [0.25, 0.3) is 0 Å². The van der Waals surface area contributed by atoms with E-state index in [-0.39, 0.29) is 12.2 Å². The first-order valence-electron chi connectivity index (χ1n) is 6.02. The Labute approximate surface area is 118 Å². The van der Waals surface area contributed by atoms with E-state index in [1.807, 2.05) is 29.8 Å². The van der Waals surface area contributed by atoms with Crippen molar-refractivity contribution in [3.05, 3.63) is 33.9 Å². The van der Waals surface area contributed by atoms with Crippen LogP contribution in [0.5, 0.6) is 0 Å². The van der Waals surface area contributed by atoms with E-state index in [0.717, 1.165) is 21.1 Å². The minimum absolute atomic E-state index is 0.0719. The number of carbonyl (C=O) groups excluding carboxylic acids is 1. The summed E-state index contributed by atoms with van der Waals surface area (Å²) >= 11 is 3.41. The van der Waals surface area contributed by atoms with Crippen molar-refractivity contribution in [2.45, 2.75) is 12.8 Å². The standard InChI is InChI=1S/C14H12BrNO3/c1-16-10-3-2-8(15)6-9(10)13-11(16)4-7(14(18)19)5-12(13)17/h2-3,6-7H,4-5H2,1H3,(H,18,19). The molecule has 19 heavy (non-hydrogen) atoms. The lowest BCUT2D eigenvalue weighted by Crippen LogP contribution is -2.27. The van der Waals surface area contributed by atoms with Gasteiger partial charge in [-0.3, -0.25) is 9.59 Å². The smallest absolute Gasteiger partial charge is 0.307 e. The minimum atomic E-state index is -0.898. The Morgan fingerprint density at radius 1 is 1.42 bits per heavy atom. The number of nitrogens with zero attached hydrogens (tertiary/aromatic N) is 1. The summed E-state index contributed by atoms with van der Waals surface area (Å²) in [6.07, 6.45) is 0.507. The summed E-state index contributed by atoms with van der Waals surface area (Å²) in [5.74, 6) is -1.57. The van der Waals surface area contributed by atoms with E-state index >= 15 is 0 Å². The molecule has 0 fully saturated rings. The maximum atomic E-state index is 12.2. The minimum Gasteiger partial charge on any atom is -0.481 e. The van der Waals surface area contributed by atoms with Crippen molar-refractivity contribution in [1.29, 1.82) is 0 Å². The molecule has 0 saturated heterocycles. The summed E-state index contributed by atoms with van der Waals surface area (Å²) in [5, 5.41) is 10.0. The Hall–Kier alpha value is -1.62. The fourth-order valence-electron chi connectivity index (χ4n) is 2.83. The first-order chi connectivity index (χ1) is 8.99. The highest BCUT2D eigenvalue weighted by atomic mass is 79.9. The number of carboxylic acids is 1. The SMILES string of the molecule is Cn1c2c(c3cc(Br)ccc31)C(=O)CC(C(=O)O)C2. The normalized spacial score (nSPS) is 18.6. The Balaban J connectivity index is 2.28. The van der Waals surface area contributed by atoms with E-state index in [1.165, 1.54) is 0 Å². The van der Waals surface area contributed by atoms with Gasteiger partial charge in [0.1, 0.15) is 0 Å². The summed E-state index contributed by atoms with van der Waals surface area (Å²) in [6.45, 7) is 0. The van der Waals surface area contributed by atoms with E-state index in [1.54, 1.807) is 0 Å². The van der Waals surface area contributed by atoms with Gasteiger partial charge in [0, 0.05) is 46.5 Å². The molecule has 1 aromatic carbocycles. The molecule has 1 aromatic heterocycles. The lowest BCUT2D eigenvalue weighted by atomic mass is 9.86. The first kappa shape index (κ1) is 12.4. The Kier molecular flexibility index (Phi) is 2.74. The monoisotopic (exact) mass is 321 g/mol. The number of rotatable bonds is 1. The number of aryl methyl sites for hydroxylation is 1. The quantitative estimate of drug-likeness (QED) is 0.878. The fourth-order valence-corrected chi connectivity index (χ4v) is 3.19. The maximum absolute atomic E-state index is 12.2. The molecule has 1 N–H and O–H groups in total. The third-order valence-corrected chi connectivity index (χ3v) is 4.28.